The van der Waals surface area contributed by atoms with E-state index in [2.05, 4.69) is 20.1 Å². The molecular formula is C14H22N4O2. The molecule has 0 aromatic carbocycles. The van der Waals surface area contributed by atoms with E-state index in [1.807, 2.05) is 0 Å². The normalized spacial score (nSPS) is 20.4. The molecule has 3 rings (SSSR count). The first kappa shape index (κ1) is 13.5. The molecule has 1 aromatic heterocycles. The lowest BCUT2D eigenvalue weighted by atomic mass is 9.66. The van der Waals surface area contributed by atoms with Crippen LogP contribution < -0.4 is 5.32 Å². The highest BCUT2D eigenvalue weighted by Gasteiger charge is 2.43. The van der Waals surface area contributed by atoms with Gasteiger partial charge in [0.05, 0.1) is 12.0 Å². The Morgan fingerprint density at radius 1 is 1.55 bits per heavy atom. The highest BCUT2D eigenvalue weighted by molar-refractivity contribution is 5.83. The molecule has 20 heavy (non-hydrogen) atoms. The zero-order valence-corrected chi connectivity index (χ0v) is 12.0. The molecule has 2 fully saturated rings. The standard InChI is InChI=1S/C14H22N4O2/c1-20-8-7-14(5-2-6-14)13(19)15-9-12-17-16-10-18(12)11-3-4-11/h10-11H,2-9H2,1H3,(H,15,19). The summed E-state index contributed by atoms with van der Waals surface area (Å²) in [6.07, 6.45) is 8.03. The highest BCUT2D eigenvalue weighted by atomic mass is 16.5. The molecule has 0 atom stereocenters. The number of ether oxygens (including phenoxy) is 1. The third-order valence-corrected chi connectivity index (χ3v) is 4.57. The van der Waals surface area contributed by atoms with E-state index in [1.165, 1.54) is 12.8 Å². The molecule has 6 heteroatoms. The number of nitrogens with one attached hydrogen (secondary N) is 1. The Bertz CT molecular complexity index is 477. The Kier molecular flexibility index (Phi) is 3.74. The van der Waals surface area contributed by atoms with Crippen molar-refractivity contribution >= 4 is 5.91 Å². The number of carbonyl (C=O) groups is 1. The lowest BCUT2D eigenvalue weighted by Gasteiger charge is -2.40. The van der Waals surface area contributed by atoms with Crippen LogP contribution in [0.5, 0.6) is 0 Å². The minimum atomic E-state index is -0.208. The van der Waals surface area contributed by atoms with Crippen LogP contribution in [-0.2, 0) is 16.1 Å². The van der Waals surface area contributed by atoms with Crippen LogP contribution in [0.2, 0.25) is 0 Å². The Morgan fingerprint density at radius 3 is 2.95 bits per heavy atom. The molecule has 2 saturated carbocycles. The number of hydrogen-bond acceptors (Lipinski definition) is 4. The van der Waals surface area contributed by atoms with E-state index in [0.717, 1.165) is 31.5 Å². The smallest absolute Gasteiger partial charge is 0.226 e. The van der Waals surface area contributed by atoms with Crippen LogP contribution in [0, 0.1) is 5.41 Å². The van der Waals surface area contributed by atoms with Crippen LogP contribution in [0.3, 0.4) is 0 Å². The number of rotatable bonds is 7. The van der Waals surface area contributed by atoms with Crippen LogP contribution in [0.4, 0.5) is 0 Å². The molecule has 0 unspecified atom stereocenters. The molecule has 6 nitrogen and oxygen atoms in total. The van der Waals surface area contributed by atoms with Gasteiger partial charge in [0.15, 0.2) is 5.82 Å². The van der Waals surface area contributed by atoms with Crippen molar-refractivity contribution < 1.29 is 9.53 Å². The minimum Gasteiger partial charge on any atom is -0.385 e. The topological polar surface area (TPSA) is 69.0 Å². The van der Waals surface area contributed by atoms with E-state index in [9.17, 15) is 4.79 Å². The van der Waals surface area contributed by atoms with Crippen molar-refractivity contribution in [3.8, 4) is 0 Å². The van der Waals surface area contributed by atoms with E-state index in [4.69, 9.17) is 4.74 Å². The maximum atomic E-state index is 12.4. The Balaban J connectivity index is 1.56. The second kappa shape index (κ2) is 5.52. The Morgan fingerprint density at radius 2 is 2.35 bits per heavy atom. The zero-order valence-electron chi connectivity index (χ0n) is 12.0. The monoisotopic (exact) mass is 278 g/mol. The van der Waals surface area contributed by atoms with E-state index in [1.54, 1.807) is 13.4 Å². The molecule has 1 heterocycles. The molecule has 2 aliphatic carbocycles. The molecule has 0 saturated heterocycles. The van der Waals surface area contributed by atoms with Crippen LogP contribution >= 0.6 is 0 Å². The second-order valence-electron chi connectivity index (χ2n) is 5.94. The van der Waals surface area contributed by atoms with Gasteiger partial charge >= 0.3 is 0 Å². The summed E-state index contributed by atoms with van der Waals surface area (Å²) in [5.41, 5.74) is -0.208. The number of carbonyl (C=O) groups excluding carboxylic acids is 1. The average molecular weight is 278 g/mol. The van der Waals surface area contributed by atoms with E-state index < -0.39 is 0 Å². The van der Waals surface area contributed by atoms with Crippen LogP contribution in [-0.4, -0.2) is 34.4 Å². The molecule has 1 N–H and O–H groups in total. The van der Waals surface area contributed by atoms with Gasteiger partial charge in [-0.05, 0) is 32.1 Å². The lowest BCUT2D eigenvalue weighted by molar-refractivity contribution is -0.137. The van der Waals surface area contributed by atoms with Crippen LogP contribution in [0.15, 0.2) is 6.33 Å². The van der Waals surface area contributed by atoms with E-state index >= 15 is 0 Å². The van der Waals surface area contributed by atoms with Gasteiger partial charge in [-0.15, -0.1) is 10.2 Å². The van der Waals surface area contributed by atoms with Crippen molar-refractivity contribution in [2.24, 2.45) is 5.41 Å². The third kappa shape index (κ3) is 2.57. The fourth-order valence-electron chi connectivity index (χ4n) is 2.89. The third-order valence-electron chi connectivity index (χ3n) is 4.57. The van der Waals surface area contributed by atoms with E-state index in [-0.39, 0.29) is 11.3 Å². The fourth-order valence-corrected chi connectivity index (χ4v) is 2.89. The van der Waals surface area contributed by atoms with Crippen LogP contribution in [0.1, 0.15) is 50.4 Å². The summed E-state index contributed by atoms with van der Waals surface area (Å²) in [6, 6.07) is 0.544. The fraction of sp³-hybridized carbons (Fsp3) is 0.786. The first-order valence-corrected chi connectivity index (χ1v) is 7.41. The zero-order chi connectivity index (χ0) is 14.0. The summed E-state index contributed by atoms with van der Waals surface area (Å²) >= 11 is 0. The number of methoxy groups -OCH3 is 1. The first-order valence-electron chi connectivity index (χ1n) is 7.41. The molecule has 2 aliphatic rings. The summed E-state index contributed by atoms with van der Waals surface area (Å²) in [7, 11) is 1.68. The average Bonchev–Trinajstić information content (AvgIpc) is 3.14. The van der Waals surface area contributed by atoms with Crippen molar-refractivity contribution in [2.45, 2.75) is 51.1 Å². The second-order valence-corrected chi connectivity index (χ2v) is 5.94. The molecule has 0 radical (unpaired) electrons. The molecule has 1 aromatic rings. The van der Waals surface area contributed by atoms with E-state index in [0.29, 0.717) is 19.2 Å². The molecule has 0 spiro atoms. The summed E-state index contributed by atoms with van der Waals surface area (Å²) < 4.78 is 7.21. The minimum absolute atomic E-state index is 0.145. The lowest BCUT2D eigenvalue weighted by Crippen LogP contribution is -2.46. The maximum absolute atomic E-state index is 12.4. The van der Waals surface area contributed by atoms with Gasteiger partial charge in [-0.25, -0.2) is 0 Å². The van der Waals surface area contributed by atoms with Gasteiger partial charge in [0.25, 0.3) is 0 Å². The SMILES string of the molecule is COCCC1(C(=O)NCc2nncn2C2CC2)CCC1. The number of hydrogen-bond donors (Lipinski definition) is 1. The number of nitrogens with zero attached hydrogens (tertiary/aromatic N) is 3. The summed E-state index contributed by atoms with van der Waals surface area (Å²) in [5, 5.41) is 11.1. The van der Waals surface area contributed by atoms with Gasteiger partial charge < -0.3 is 14.6 Å². The molecule has 0 aliphatic heterocycles. The summed E-state index contributed by atoms with van der Waals surface area (Å²) in [5.74, 6) is 1.01. The largest absolute Gasteiger partial charge is 0.385 e. The van der Waals surface area contributed by atoms with Crippen molar-refractivity contribution in [1.29, 1.82) is 0 Å². The predicted molar refractivity (Wildman–Crippen MR) is 72.9 cm³/mol. The van der Waals surface area contributed by atoms with Crippen molar-refractivity contribution in [3.05, 3.63) is 12.2 Å². The van der Waals surface area contributed by atoms with Gasteiger partial charge in [-0.1, -0.05) is 6.42 Å². The molecular weight excluding hydrogens is 256 g/mol. The summed E-state index contributed by atoms with van der Waals surface area (Å²) in [4.78, 5) is 12.4. The van der Waals surface area contributed by atoms with Crippen molar-refractivity contribution in [1.82, 2.24) is 20.1 Å². The highest BCUT2D eigenvalue weighted by Crippen LogP contribution is 2.44. The Labute approximate surface area is 118 Å². The van der Waals surface area contributed by atoms with Gasteiger partial charge in [-0.3, -0.25) is 4.79 Å². The van der Waals surface area contributed by atoms with Crippen molar-refractivity contribution in [2.75, 3.05) is 13.7 Å². The number of aromatic nitrogens is 3. The van der Waals surface area contributed by atoms with Crippen LogP contribution in [0.25, 0.3) is 0 Å². The Hall–Kier alpha value is -1.43. The van der Waals surface area contributed by atoms with Gasteiger partial charge in [0.1, 0.15) is 6.33 Å². The van der Waals surface area contributed by atoms with Gasteiger partial charge in [0.2, 0.25) is 5.91 Å². The predicted octanol–water partition coefficient (Wildman–Crippen LogP) is 1.44. The van der Waals surface area contributed by atoms with Crippen molar-refractivity contribution in [3.63, 3.8) is 0 Å². The molecule has 110 valence electrons. The molecule has 1 amide bonds. The quantitative estimate of drug-likeness (QED) is 0.819. The molecule has 0 bridgehead atoms. The maximum Gasteiger partial charge on any atom is 0.226 e. The summed E-state index contributed by atoms with van der Waals surface area (Å²) in [6.45, 7) is 1.12. The number of amides is 1. The van der Waals surface area contributed by atoms with Gasteiger partial charge in [0, 0.05) is 19.8 Å². The first-order chi connectivity index (χ1) is 9.75. The van der Waals surface area contributed by atoms with Gasteiger partial charge in [-0.2, -0.15) is 0 Å².